The number of benzene rings is 1. The third-order valence-electron chi connectivity index (χ3n) is 4.86. The molecule has 1 fully saturated rings. The molecule has 0 aromatic heterocycles. The van der Waals surface area contributed by atoms with Crippen LogP contribution in [-0.2, 0) is 0 Å². The van der Waals surface area contributed by atoms with Gasteiger partial charge in [-0.3, -0.25) is 0 Å². The fraction of sp³-hybridized carbons (Fsp3) is 0.412. The summed E-state index contributed by atoms with van der Waals surface area (Å²) in [6.07, 6.45) is 11.3. The summed E-state index contributed by atoms with van der Waals surface area (Å²) in [6.45, 7) is 2.31. The Kier molecular flexibility index (Phi) is 3.25. The quantitative estimate of drug-likeness (QED) is 0.701. The van der Waals surface area contributed by atoms with Gasteiger partial charge in [-0.15, -0.1) is 0 Å². The molecule has 1 unspecified atom stereocenters. The SMILES string of the molecule is CCC1=CC=CC1[Si]1(c2ccccc2)CCCC1. The van der Waals surface area contributed by atoms with E-state index in [9.17, 15) is 0 Å². The summed E-state index contributed by atoms with van der Waals surface area (Å²) >= 11 is 0. The Morgan fingerprint density at radius 3 is 2.50 bits per heavy atom. The molecule has 18 heavy (non-hydrogen) atoms. The smallest absolute Gasteiger partial charge is 0.0797 e. The zero-order chi connectivity index (χ0) is 12.4. The van der Waals surface area contributed by atoms with Gasteiger partial charge in [0.15, 0.2) is 0 Å². The minimum absolute atomic E-state index is 0.785. The van der Waals surface area contributed by atoms with Crippen molar-refractivity contribution in [2.75, 3.05) is 0 Å². The van der Waals surface area contributed by atoms with Crippen LogP contribution < -0.4 is 5.19 Å². The van der Waals surface area contributed by atoms with E-state index in [4.69, 9.17) is 0 Å². The van der Waals surface area contributed by atoms with Crippen LogP contribution in [0.2, 0.25) is 17.6 Å². The Labute approximate surface area is 111 Å². The Balaban J connectivity index is 2.03. The van der Waals surface area contributed by atoms with Crippen LogP contribution in [0.1, 0.15) is 26.2 Å². The van der Waals surface area contributed by atoms with Crippen molar-refractivity contribution < 1.29 is 0 Å². The highest BCUT2D eigenvalue weighted by molar-refractivity contribution is 6.94. The third-order valence-corrected chi connectivity index (χ3v) is 10.6. The summed E-state index contributed by atoms with van der Waals surface area (Å²) < 4.78 is 0. The van der Waals surface area contributed by atoms with Gasteiger partial charge < -0.3 is 0 Å². The molecule has 0 nitrogen and oxygen atoms in total. The van der Waals surface area contributed by atoms with Crippen LogP contribution in [0.25, 0.3) is 0 Å². The van der Waals surface area contributed by atoms with Gasteiger partial charge in [-0.05, 0) is 12.0 Å². The van der Waals surface area contributed by atoms with Crippen molar-refractivity contribution in [2.24, 2.45) is 0 Å². The van der Waals surface area contributed by atoms with Gasteiger partial charge in [0.25, 0.3) is 0 Å². The second kappa shape index (κ2) is 4.89. The highest BCUT2D eigenvalue weighted by Crippen LogP contribution is 2.46. The molecule has 1 atom stereocenters. The molecule has 1 saturated heterocycles. The molecule has 3 rings (SSSR count). The first-order chi connectivity index (χ1) is 8.87. The number of hydrogen-bond donors (Lipinski definition) is 0. The van der Waals surface area contributed by atoms with Crippen LogP contribution in [0, 0.1) is 0 Å². The summed E-state index contributed by atoms with van der Waals surface area (Å²) in [7, 11) is -1.31. The van der Waals surface area contributed by atoms with Crippen LogP contribution in [0.15, 0.2) is 54.1 Å². The molecule has 0 radical (unpaired) electrons. The lowest BCUT2D eigenvalue weighted by atomic mass is 10.2. The summed E-state index contributed by atoms with van der Waals surface area (Å²) in [4.78, 5) is 0. The van der Waals surface area contributed by atoms with Gasteiger partial charge in [-0.1, -0.05) is 91.2 Å². The molecule has 1 aromatic carbocycles. The topological polar surface area (TPSA) is 0 Å². The Bertz CT molecular complexity index is 464. The molecule has 1 aliphatic carbocycles. The van der Waals surface area contributed by atoms with Crippen molar-refractivity contribution in [3.63, 3.8) is 0 Å². The average molecular weight is 254 g/mol. The van der Waals surface area contributed by atoms with Crippen molar-refractivity contribution in [1.29, 1.82) is 0 Å². The molecule has 94 valence electrons. The number of hydrogen-bond acceptors (Lipinski definition) is 0. The zero-order valence-corrected chi connectivity index (χ0v) is 12.2. The third kappa shape index (κ3) is 1.81. The molecule has 0 bridgehead atoms. The number of rotatable bonds is 3. The molecule has 1 heterocycles. The maximum absolute atomic E-state index is 2.50. The van der Waals surface area contributed by atoms with Crippen LogP contribution in [0.5, 0.6) is 0 Å². The van der Waals surface area contributed by atoms with Crippen molar-refractivity contribution in [3.8, 4) is 0 Å². The fourth-order valence-corrected chi connectivity index (χ4v) is 9.87. The van der Waals surface area contributed by atoms with E-state index >= 15 is 0 Å². The second-order valence-electron chi connectivity index (χ2n) is 5.69. The molecule has 1 aliphatic heterocycles. The Morgan fingerprint density at radius 2 is 1.83 bits per heavy atom. The summed E-state index contributed by atoms with van der Waals surface area (Å²) in [6, 6.07) is 14.4. The van der Waals surface area contributed by atoms with Crippen LogP contribution in [0.3, 0.4) is 0 Å². The van der Waals surface area contributed by atoms with E-state index < -0.39 is 8.07 Å². The van der Waals surface area contributed by atoms with Crippen LogP contribution in [0.4, 0.5) is 0 Å². The van der Waals surface area contributed by atoms with E-state index in [1.54, 1.807) is 10.8 Å². The summed E-state index contributed by atoms with van der Waals surface area (Å²) in [5.41, 5.74) is 2.47. The van der Waals surface area contributed by atoms with E-state index in [0.29, 0.717) is 0 Å². The molecule has 2 aliphatic rings. The maximum Gasteiger partial charge on any atom is 0.0974 e. The number of allylic oxidation sites excluding steroid dienone is 4. The lowest BCUT2D eigenvalue weighted by Gasteiger charge is -2.34. The van der Waals surface area contributed by atoms with Crippen molar-refractivity contribution in [3.05, 3.63) is 54.1 Å². The average Bonchev–Trinajstić information content (AvgIpc) is 3.09. The van der Waals surface area contributed by atoms with E-state index in [-0.39, 0.29) is 0 Å². The van der Waals surface area contributed by atoms with Gasteiger partial charge in [-0.2, -0.15) is 0 Å². The highest BCUT2D eigenvalue weighted by atomic mass is 28.3. The minimum Gasteiger partial charge on any atom is -0.0797 e. The summed E-state index contributed by atoms with van der Waals surface area (Å²) in [5, 5.41) is 1.69. The Morgan fingerprint density at radius 1 is 1.11 bits per heavy atom. The lowest BCUT2D eigenvalue weighted by molar-refractivity contribution is 0.935. The van der Waals surface area contributed by atoms with E-state index in [2.05, 4.69) is 55.5 Å². The first-order valence-corrected chi connectivity index (χ1v) is 9.79. The van der Waals surface area contributed by atoms with Gasteiger partial charge in [0, 0.05) is 0 Å². The molecule has 0 N–H and O–H groups in total. The van der Waals surface area contributed by atoms with Crippen LogP contribution >= 0.6 is 0 Å². The van der Waals surface area contributed by atoms with Gasteiger partial charge in [-0.25, -0.2) is 0 Å². The van der Waals surface area contributed by atoms with Crippen molar-refractivity contribution in [1.82, 2.24) is 0 Å². The monoisotopic (exact) mass is 254 g/mol. The maximum atomic E-state index is 2.50. The molecule has 0 amide bonds. The van der Waals surface area contributed by atoms with E-state index in [1.165, 1.54) is 31.4 Å². The van der Waals surface area contributed by atoms with Gasteiger partial charge >= 0.3 is 0 Å². The molecule has 0 saturated carbocycles. The van der Waals surface area contributed by atoms with E-state index in [0.717, 1.165) is 5.54 Å². The first-order valence-electron chi connectivity index (χ1n) is 7.29. The zero-order valence-electron chi connectivity index (χ0n) is 11.2. The second-order valence-corrected chi connectivity index (χ2v) is 10.2. The predicted octanol–water partition coefficient (Wildman–Crippen LogP) is 4.41. The molecular weight excluding hydrogens is 232 g/mol. The largest absolute Gasteiger partial charge is 0.0974 e. The van der Waals surface area contributed by atoms with Gasteiger partial charge in [0.2, 0.25) is 0 Å². The van der Waals surface area contributed by atoms with Crippen molar-refractivity contribution in [2.45, 2.75) is 43.8 Å². The first kappa shape index (κ1) is 12.0. The molecule has 0 spiro atoms. The normalized spacial score (nSPS) is 25.4. The molecule has 1 aromatic rings. The fourth-order valence-electron chi connectivity index (χ4n) is 3.95. The highest BCUT2D eigenvalue weighted by Gasteiger charge is 2.45. The molecule has 1 heteroatoms. The van der Waals surface area contributed by atoms with Crippen molar-refractivity contribution >= 4 is 13.3 Å². The molecular formula is C17H22Si. The Hall–Kier alpha value is -1.08. The lowest BCUT2D eigenvalue weighted by Crippen LogP contribution is -2.48. The standard InChI is InChI=1S/C17H22Si/c1-2-15-9-8-12-17(15)18(13-6-7-14-18)16-10-4-3-5-11-16/h3-5,8-12,17H,2,6-7,13-14H2,1H3. The van der Waals surface area contributed by atoms with Crippen LogP contribution in [-0.4, -0.2) is 8.07 Å². The predicted molar refractivity (Wildman–Crippen MR) is 81.9 cm³/mol. The summed E-state index contributed by atoms with van der Waals surface area (Å²) in [5.74, 6) is 0. The van der Waals surface area contributed by atoms with E-state index in [1.807, 2.05) is 0 Å². The minimum atomic E-state index is -1.31. The van der Waals surface area contributed by atoms with Gasteiger partial charge in [0.1, 0.15) is 0 Å². The van der Waals surface area contributed by atoms with Gasteiger partial charge in [0.05, 0.1) is 8.07 Å².